The van der Waals surface area contributed by atoms with Gasteiger partial charge in [-0.05, 0) is 0 Å². The van der Waals surface area contributed by atoms with Crippen LogP contribution in [0.1, 0.15) is 0 Å². The third-order valence-electron chi connectivity index (χ3n) is 4.03. The maximum absolute atomic E-state index is 12.1. The van der Waals surface area contributed by atoms with E-state index in [1.54, 1.807) is 0 Å². The Morgan fingerprint density at radius 3 is 2.31 bits per heavy atom. The van der Waals surface area contributed by atoms with Crippen molar-refractivity contribution in [2.75, 3.05) is 13.2 Å². The molecule has 1 aliphatic heterocycles. The number of alkyl halides is 5. The molecule has 5 atom stereocenters. The van der Waals surface area contributed by atoms with Crippen LogP contribution in [0.3, 0.4) is 0 Å². The van der Waals surface area contributed by atoms with Crippen LogP contribution < -0.4 is 0 Å². The van der Waals surface area contributed by atoms with Crippen LogP contribution in [0.2, 0.25) is 0 Å². The maximum Gasteiger partial charge on any atom is 0.176 e. The smallest absolute Gasteiger partial charge is 0.176 e. The first-order valence-corrected chi connectivity index (χ1v) is 6.76. The minimum atomic E-state index is -1.55. The highest BCUT2D eigenvalue weighted by atomic mass is 35.5. The number of hydrogen-bond donors (Lipinski definition) is 0. The number of ketones is 1. The Kier molecular flexibility index (Phi) is 2.39. The molecule has 2 bridgehead atoms. The van der Waals surface area contributed by atoms with Gasteiger partial charge in [0.25, 0.3) is 0 Å². The van der Waals surface area contributed by atoms with Gasteiger partial charge in [0, 0.05) is 11.8 Å². The fourth-order valence-corrected chi connectivity index (χ4v) is 5.79. The van der Waals surface area contributed by atoms with Gasteiger partial charge < -0.3 is 4.74 Å². The summed E-state index contributed by atoms with van der Waals surface area (Å²) in [5.41, 5.74) is 0. The molecule has 0 spiro atoms. The van der Waals surface area contributed by atoms with Crippen molar-refractivity contribution in [2.24, 2.45) is 11.8 Å². The molecular weight excluding hydrogens is 317 g/mol. The minimum absolute atomic E-state index is 0.179. The van der Waals surface area contributed by atoms with Gasteiger partial charge >= 0.3 is 0 Å². The largest absolute Gasteiger partial charge is 0.381 e. The molecule has 2 aliphatic carbocycles. The quantitative estimate of drug-likeness (QED) is 0.640. The zero-order chi connectivity index (χ0) is 11.9. The summed E-state index contributed by atoms with van der Waals surface area (Å²) in [6.45, 7) is 0.736. The van der Waals surface area contributed by atoms with Crippen molar-refractivity contribution in [1.82, 2.24) is 0 Å². The number of Topliss-reactive ketones (excluding diaryl/α,β-unsaturated/α-hetero) is 1. The standard InChI is InChI=1S/C9H7Cl5O2/c10-5-6(15)8(12)4-2-16-1-3(4)7(5,11)9(8,13)14/h3-5H,1-2H2/t3-,4+,5-,7-,8+/m1/s1. The van der Waals surface area contributed by atoms with Crippen LogP contribution in [0.15, 0.2) is 0 Å². The molecule has 1 saturated heterocycles. The topological polar surface area (TPSA) is 26.3 Å². The molecule has 0 N–H and O–H groups in total. The van der Waals surface area contributed by atoms with Crippen LogP contribution in [0.4, 0.5) is 0 Å². The SMILES string of the molecule is O=C1[C@@H](Cl)[C@]2(Cl)[C@@H]3COC[C@@H]3[C@@]1(Cl)C2(Cl)Cl. The first kappa shape index (κ1) is 12.1. The summed E-state index contributed by atoms with van der Waals surface area (Å²) >= 11 is 31.3. The molecule has 0 unspecified atom stereocenters. The monoisotopic (exact) mass is 322 g/mol. The minimum Gasteiger partial charge on any atom is -0.381 e. The molecule has 7 heteroatoms. The second kappa shape index (κ2) is 3.15. The Labute approximate surface area is 117 Å². The maximum atomic E-state index is 12.1. The van der Waals surface area contributed by atoms with Crippen molar-refractivity contribution < 1.29 is 9.53 Å². The van der Waals surface area contributed by atoms with Crippen LogP contribution in [0, 0.1) is 11.8 Å². The highest BCUT2D eigenvalue weighted by Crippen LogP contribution is 2.73. The van der Waals surface area contributed by atoms with Gasteiger partial charge in [0.05, 0.1) is 13.2 Å². The molecular formula is C9H7Cl5O2. The molecule has 0 amide bonds. The van der Waals surface area contributed by atoms with Crippen molar-refractivity contribution in [2.45, 2.75) is 19.5 Å². The van der Waals surface area contributed by atoms with Gasteiger partial charge in [-0.3, -0.25) is 4.79 Å². The zero-order valence-electron chi connectivity index (χ0n) is 7.85. The fraction of sp³-hybridized carbons (Fsp3) is 0.889. The average molecular weight is 324 g/mol. The van der Waals surface area contributed by atoms with Crippen molar-refractivity contribution in [1.29, 1.82) is 0 Å². The van der Waals surface area contributed by atoms with E-state index in [1.807, 2.05) is 0 Å². The number of rotatable bonds is 0. The summed E-state index contributed by atoms with van der Waals surface area (Å²) in [4.78, 5) is 9.42. The van der Waals surface area contributed by atoms with Gasteiger partial charge in [-0.25, -0.2) is 0 Å². The zero-order valence-corrected chi connectivity index (χ0v) is 11.6. The molecule has 0 aromatic carbocycles. The van der Waals surface area contributed by atoms with E-state index in [1.165, 1.54) is 0 Å². The van der Waals surface area contributed by atoms with Crippen LogP contribution in [-0.4, -0.2) is 38.5 Å². The highest BCUT2D eigenvalue weighted by Gasteiger charge is 2.87. The fourth-order valence-electron chi connectivity index (χ4n) is 3.16. The molecule has 2 saturated carbocycles. The van der Waals surface area contributed by atoms with Gasteiger partial charge in [-0.1, -0.05) is 23.2 Å². The Hall–Kier alpha value is 1.08. The van der Waals surface area contributed by atoms with Crippen molar-refractivity contribution in [3.63, 3.8) is 0 Å². The van der Waals surface area contributed by atoms with E-state index in [0.717, 1.165) is 0 Å². The van der Waals surface area contributed by atoms with E-state index < -0.39 is 19.5 Å². The van der Waals surface area contributed by atoms with Gasteiger partial charge in [-0.15, -0.1) is 34.8 Å². The van der Waals surface area contributed by atoms with Crippen LogP contribution in [0.25, 0.3) is 0 Å². The lowest BCUT2D eigenvalue weighted by atomic mass is 9.80. The summed E-state index contributed by atoms with van der Waals surface area (Å²) in [5, 5.41) is -0.968. The summed E-state index contributed by atoms with van der Waals surface area (Å²) in [5.74, 6) is -0.825. The number of carbonyl (C=O) groups is 1. The molecule has 2 nitrogen and oxygen atoms in total. The average Bonchev–Trinajstić information content (AvgIpc) is 2.78. The number of fused-ring (bicyclic) bond motifs is 5. The molecule has 3 fully saturated rings. The third kappa shape index (κ3) is 0.918. The van der Waals surface area contributed by atoms with E-state index in [-0.39, 0.29) is 17.6 Å². The number of halogens is 5. The molecule has 16 heavy (non-hydrogen) atoms. The first-order valence-electron chi connectivity index (χ1n) is 4.81. The Morgan fingerprint density at radius 1 is 1.12 bits per heavy atom. The highest BCUT2D eigenvalue weighted by molar-refractivity contribution is 6.67. The second-order valence-electron chi connectivity index (χ2n) is 4.53. The van der Waals surface area contributed by atoms with Gasteiger partial charge in [0.2, 0.25) is 0 Å². The molecule has 3 aliphatic rings. The Morgan fingerprint density at radius 2 is 1.69 bits per heavy atom. The van der Waals surface area contributed by atoms with Crippen molar-refractivity contribution in [3.8, 4) is 0 Å². The third-order valence-corrected chi connectivity index (χ3v) is 7.82. The normalized spacial score (nSPS) is 58.1. The van der Waals surface area contributed by atoms with Gasteiger partial charge in [0.15, 0.2) is 10.1 Å². The van der Waals surface area contributed by atoms with Crippen LogP contribution in [-0.2, 0) is 9.53 Å². The summed E-state index contributed by atoms with van der Waals surface area (Å²) in [6.07, 6.45) is 0. The van der Waals surface area contributed by atoms with E-state index in [2.05, 4.69) is 0 Å². The number of ether oxygens (including phenoxy) is 1. The number of carbonyl (C=O) groups excluding carboxylic acids is 1. The molecule has 90 valence electrons. The summed E-state index contributed by atoms with van der Waals surface area (Å²) < 4.78 is 3.77. The molecule has 3 rings (SSSR count). The van der Waals surface area contributed by atoms with E-state index in [0.29, 0.717) is 13.2 Å². The summed E-state index contributed by atoms with van der Waals surface area (Å²) in [6, 6.07) is 0. The Bertz CT molecular complexity index is 386. The van der Waals surface area contributed by atoms with Crippen LogP contribution >= 0.6 is 58.0 Å². The van der Waals surface area contributed by atoms with E-state index >= 15 is 0 Å². The van der Waals surface area contributed by atoms with E-state index in [4.69, 9.17) is 62.7 Å². The molecule has 0 aromatic heterocycles. The van der Waals surface area contributed by atoms with Crippen LogP contribution in [0.5, 0.6) is 0 Å². The van der Waals surface area contributed by atoms with Gasteiger partial charge in [0.1, 0.15) is 15.1 Å². The predicted molar refractivity (Wildman–Crippen MR) is 64.1 cm³/mol. The Balaban J connectivity index is 2.25. The molecule has 0 radical (unpaired) electrons. The lowest BCUT2D eigenvalue weighted by molar-refractivity contribution is -0.122. The van der Waals surface area contributed by atoms with Crippen molar-refractivity contribution in [3.05, 3.63) is 0 Å². The summed E-state index contributed by atoms with van der Waals surface area (Å²) in [7, 11) is 0. The van der Waals surface area contributed by atoms with Crippen molar-refractivity contribution >= 4 is 63.8 Å². The predicted octanol–water partition coefficient (Wildman–Crippen LogP) is 2.58. The number of hydrogen-bond acceptors (Lipinski definition) is 2. The van der Waals surface area contributed by atoms with E-state index in [9.17, 15) is 4.79 Å². The lowest BCUT2D eigenvalue weighted by Crippen LogP contribution is -2.49. The van der Waals surface area contributed by atoms with Gasteiger partial charge in [-0.2, -0.15) is 0 Å². The molecule has 0 aromatic rings. The first-order chi connectivity index (χ1) is 7.29. The second-order valence-corrected chi connectivity index (χ2v) is 7.52. The molecule has 1 heterocycles. The lowest BCUT2D eigenvalue weighted by Gasteiger charge is -2.33.